The first-order chi connectivity index (χ1) is 11.0. The van der Waals surface area contributed by atoms with Gasteiger partial charge < -0.3 is 10.2 Å². The van der Waals surface area contributed by atoms with Crippen LogP contribution in [-0.2, 0) is 13.6 Å². The highest BCUT2D eigenvalue weighted by molar-refractivity contribution is 5.94. The number of carbonyl (C=O) groups is 1. The zero-order valence-electron chi connectivity index (χ0n) is 13.3. The summed E-state index contributed by atoms with van der Waals surface area (Å²) >= 11 is 0. The molecule has 23 heavy (non-hydrogen) atoms. The number of nitrogens with zero attached hydrogens (tertiary/aromatic N) is 4. The van der Waals surface area contributed by atoms with Gasteiger partial charge in [0.05, 0.1) is 24.0 Å². The lowest BCUT2D eigenvalue weighted by Crippen LogP contribution is -2.27. The van der Waals surface area contributed by atoms with E-state index < -0.39 is 0 Å². The van der Waals surface area contributed by atoms with E-state index in [1.807, 2.05) is 6.92 Å². The Labute approximate surface area is 133 Å². The highest BCUT2D eigenvalue weighted by Gasteiger charge is 2.16. The maximum Gasteiger partial charge on any atom is 0.255 e. The van der Waals surface area contributed by atoms with Crippen LogP contribution < -0.4 is 15.8 Å². The van der Waals surface area contributed by atoms with Gasteiger partial charge in [0.1, 0.15) is 0 Å². The van der Waals surface area contributed by atoms with E-state index in [2.05, 4.69) is 25.3 Å². The lowest BCUT2D eigenvalue weighted by atomic mass is 10.2. The zero-order chi connectivity index (χ0) is 16.4. The molecule has 0 saturated carbocycles. The topological polar surface area (TPSA) is 95.9 Å². The fraction of sp³-hybridized carbons (Fsp3) is 0.467. The van der Waals surface area contributed by atoms with Crippen LogP contribution in [0.3, 0.4) is 0 Å². The molecule has 8 nitrogen and oxygen atoms in total. The number of H-pyrrole nitrogens is 1. The zero-order valence-corrected chi connectivity index (χ0v) is 13.3. The Morgan fingerprint density at radius 1 is 1.39 bits per heavy atom. The highest BCUT2D eigenvalue weighted by Crippen LogP contribution is 2.14. The molecule has 0 spiro atoms. The Balaban J connectivity index is 1.71. The molecule has 0 unspecified atom stereocenters. The monoisotopic (exact) mass is 316 g/mol. The van der Waals surface area contributed by atoms with Crippen molar-refractivity contribution in [3.8, 4) is 0 Å². The highest BCUT2D eigenvalue weighted by atomic mass is 16.1. The van der Waals surface area contributed by atoms with Crippen molar-refractivity contribution in [3.05, 3.63) is 39.6 Å². The standard InChI is InChI=1S/C15H20N6O2/c1-10-12(9-17-20(10)2)14(23)16-8-11-7-13(22)19-15(18-11)21-5-3-4-6-21/h7,9H,3-6,8H2,1-2H3,(H,16,23)(H,18,19,22). The summed E-state index contributed by atoms with van der Waals surface area (Å²) < 4.78 is 1.64. The summed E-state index contributed by atoms with van der Waals surface area (Å²) in [4.78, 5) is 33.2. The third kappa shape index (κ3) is 3.25. The van der Waals surface area contributed by atoms with Crippen molar-refractivity contribution in [1.82, 2.24) is 25.1 Å². The van der Waals surface area contributed by atoms with Crippen molar-refractivity contribution in [3.63, 3.8) is 0 Å². The average Bonchev–Trinajstić information content (AvgIpc) is 3.16. The molecule has 3 rings (SSSR count). The normalized spacial score (nSPS) is 14.3. The van der Waals surface area contributed by atoms with Crippen LogP contribution in [0.5, 0.6) is 0 Å². The Kier molecular flexibility index (Phi) is 4.14. The largest absolute Gasteiger partial charge is 0.346 e. The minimum absolute atomic E-state index is 0.205. The summed E-state index contributed by atoms with van der Waals surface area (Å²) in [6.45, 7) is 3.83. The van der Waals surface area contributed by atoms with Gasteiger partial charge in [-0.05, 0) is 19.8 Å². The van der Waals surface area contributed by atoms with Crippen LogP contribution in [0.1, 0.15) is 34.6 Å². The van der Waals surface area contributed by atoms with Crippen LogP contribution in [0.4, 0.5) is 5.95 Å². The van der Waals surface area contributed by atoms with Gasteiger partial charge in [-0.1, -0.05) is 0 Å². The molecule has 122 valence electrons. The summed E-state index contributed by atoms with van der Waals surface area (Å²) in [5.74, 6) is 0.359. The number of rotatable bonds is 4. The van der Waals surface area contributed by atoms with E-state index in [9.17, 15) is 9.59 Å². The minimum Gasteiger partial charge on any atom is -0.346 e. The summed E-state index contributed by atoms with van der Waals surface area (Å²) in [6.07, 6.45) is 3.74. The third-order valence-corrected chi connectivity index (χ3v) is 4.10. The SMILES string of the molecule is Cc1c(C(=O)NCc2cc(=O)[nH]c(N3CCCC3)n2)cnn1C. The maximum atomic E-state index is 12.2. The number of carbonyl (C=O) groups excluding carboxylic acids is 1. The number of nitrogens with one attached hydrogen (secondary N) is 2. The van der Waals surface area contributed by atoms with Gasteiger partial charge in [-0.25, -0.2) is 4.98 Å². The lowest BCUT2D eigenvalue weighted by molar-refractivity contribution is 0.0949. The molecule has 1 aliphatic heterocycles. The molecule has 0 aliphatic carbocycles. The molecule has 1 fully saturated rings. The van der Waals surface area contributed by atoms with Gasteiger partial charge in [0.2, 0.25) is 5.95 Å². The second-order valence-electron chi connectivity index (χ2n) is 5.70. The van der Waals surface area contributed by atoms with Gasteiger partial charge in [0.15, 0.2) is 0 Å². The van der Waals surface area contributed by atoms with Gasteiger partial charge >= 0.3 is 0 Å². The first-order valence-corrected chi connectivity index (χ1v) is 7.66. The molecule has 3 heterocycles. The number of anilines is 1. The van der Waals surface area contributed by atoms with E-state index in [-0.39, 0.29) is 18.0 Å². The number of aryl methyl sites for hydroxylation is 1. The van der Waals surface area contributed by atoms with Crippen LogP contribution in [0.25, 0.3) is 0 Å². The van der Waals surface area contributed by atoms with Crippen LogP contribution in [0, 0.1) is 6.92 Å². The van der Waals surface area contributed by atoms with Crippen molar-refractivity contribution < 1.29 is 4.79 Å². The summed E-state index contributed by atoms with van der Waals surface area (Å²) in [6, 6.07) is 1.41. The fourth-order valence-electron chi connectivity index (χ4n) is 2.65. The summed E-state index contributed by atoms with van der Waals surface area (Å²) in [5.41, 5.74) is 1.66. The Morgan fingerprint density at radius 3 is 2.78 bits per heavy atom. The predicted octanol–water partition coefficient (Wildman–Crippen LogP) is 0.342. The Morgan fingerprint density at radius 2 is 2.13 bits per heavy atom. The molecule has 2 aromatic heterocycles. The van der Waals surface area contributed by atoms with Gasteiger partial charge in [0.25, 0.3) is 11.5 Å². The molecule has 1 aliphatic rings. The van der Waals surface area contributed by atoms with E-state index in [1.165, 1.54) is 12.3 Å². The van der Waals surface area contributed by atoms with Crippen LogP contribution in [0.2, 0.25) is 0 Å². The summed E-state index contributed by atoms with van der Waals surface area (Å²) in [5, 5.41) is 6.84. The second kappa shape index (κ2) is 6.23. The molecule has 0 bridgehead atoms. The maximum absolute atomic E-state index is 12.2. The van der Waals surface area contributed by atoms with E-state index in [1.54, 1.807) is 11.7 Å². The molecule has 8 heteroatoms. The smallest absolute Gasteiger partial charge is 0.255 e. The van der Waals surface area contributed by atoms with Gasteiger partial charge in [-0.15, -0.1) is 0 Å². The van der Waals surface area contributed by atoms with Gasteiger partial charge in [-0.3, -0.25) is 19.3 Å². The number of amides is 1. The van der Waals surface area contributed by atoms with Gasteiger partial charge in [0, 0.05) is 31.9 Å². The number of aromatic nitrogens is 4. The first-order valence-electron chi connectivity index (χ1n) is 7.66. The Hall–Kier alpha value is -2.64. The number of aromatic amines is 1. The van der Waals surface area contributed by atoms with Gasteiger partial charge in [-0.2, -0.15) is 5.10 Å². The fourth-order valence-corrected chi connectivity index (χ4v) is 2.65. The van der Waals surface area contributed by atoms with Crippen molar-refractivity contribution in [2.45, 2.75) is 26.3 Å². The van der Waals surface area contributed by atoms with Crippen molar-refractivity contribution >= 4 is 11.9 Å². The molecule has 1 amide bonds. The molecular formula is C15H20N6O2. The van der Waals surface area contributed by atoms with E-state index in [0.717, 1.165) is 31.6 Å². The minimum atomic E-state index is -0.222. The predicted molar refractivity (Wildman–Crippen MR) is 85.4 cm³/mol. The second-order valence-corrected chi connectivity index (χ2v) is 5.70. The lowest BCUT2D eigenvalue weighted by Gasteiger charge is -2.16. The van der Waals surface area contributed by atoms with Crippen LogP contribution in [-0.4, -0.2) is 38.7 Å². The molecule has 0 aromatic carbocycles. The molecule has 2 aromatic rings. The van der Waals surface area contributed by atoms with Crippen LogP contribution >= 0.6 is 0 Å². The van der Waals surface area contributed by atoms with Crippen molar-refractivity contribution in [2.75, 3.05) is 18.0 Å². The van der Waals surface area contributed by atoms with E-state index in [0.29, 0.717) is 17.2 Å². The van der Waals surface area contributed by atoms with Crippen LogP contribution in [0.15, 0.2) is 17.1 Å². The van der Waals surface area contributed by atoms with Crippen molar-refractivity contribution in [2.24, 2.45) is 7.05 Å². The number of hydrogen-bond acceptors (Lipinski definition) is 5. The quantitative estimate of drug-likeness (QED) is 0.848. The molecular weight excluding hydrogens is 296 g/mol. The van der Waals surface area contributed by atoms with E-state index >= 15 is 0 Å². The number of hydrogen-bond donors (Lipinski definition) is 2. The summed E-state index contributed by atoms with van der Waals surface area (Å²) in [7, 11) is 1.78. The molecule has 1 saturated heterocycles. The average molecular weight is 316 g/mol. The Bertz CT molecular complexity index is 773. The molecule has 0 atom stereocenters. The van der Waals surface area contributed by atoms with Crippen molar-refractivity contribution in [1.29, 1.82) is 0 Å². The third-order valence-electron chi connectivity index (χ3n) is 4.10. The molecule has 2 N–H and O–H groups in total. The first kappa shape index (κ1) is 15.3. The molecule has 0 radical (unpaired) electrons. The van der Waals surface area contributed by atoms with E-state index in [4.69, 9.17) is 0 Å².